The second-order valence-corrected chi connectivity index (χ2v) is 7.43. The number of aliphatic hydroxyl groups is 1. The lowest BCUT2D eigenvalue weighted by Gasteiger charge is -2.21. The lowest BCUT2D eigenvalue weighted by atomic mass is 10.2. The van der Waals surface area contributed by atoms with Crippen molar-refractivity contribution < 1.29 is 19.3 Å². The van der Waals surface area contributed by atoms with Crippen LogP contribution in [0.1, 0.15) is 18.3 Å². The Morgan fingerprint density at radius 3 is 2.39 bits per heavy atom. The summed E-state index contributed by atoms with van der Waals surface area (Å²) >= 11 is 0. The van der Waals surface area contributed by atoms with Gasteiger partial charge in [0.2, 0.25) is 0 Å². The zero-order valence-electron chi connectivity index (χ0n) is 18.4. The van der Waals surface area contributed by atoms with Gasteiger partial charge < -0.3 is 23.9 Å². The van der Waals surface area contributed by atoms with Gasteiger partial charge in [-0.2, -0.15) is 0 Å². The average Bonchev–Trinajstić information content (AvgIpc) is 3.17. The van der Waals surface area contributed by atoms with E-state index in [-0.39, 0.29) is 6.61 Å². The van der Waals surface area contributed by atoms with E-state index in [0.29, 0.717) is 37.8 Å². The predicted molar refractivity (Wildman–Crippen MR) is 119 cm³/mol. The van der Waals surface area contributed by atoms with E-state index in [1.54, 1.807) is 6.20 Å². The summed E-state index contributed by atoms with van der Waals surface area (Å²) in [5, 5.41) is 10.4. The maximum atomic E-state index is 10.4. The van der Waals surface area contributed by atoms with Crippen LogP contribution in [0.3, 0.4) is 0 Å². The molecule has 0 saturated carbocycles. The minimum atomic E-state index is -0.611. The number of hydrogen-bond acceptors (Lipinski definition) is 6. The first-order chi connectivity index (χ1) is 15.0. The maximum Gasteiger partial charge on any atom is 0.161 e. The summed E-state index contributed by atoms with van der Waals surface area (Å²) in [6.07, 6.45) is 3.05. The molecular formula is C24H31N3O4. The van der Waals surface area contributed by atoms with Crippen LogP contribution < -0.4 is 14.2 Å². The van der Waals surface area contributed by atoms with E-state index in [0.717, 1.165) is 17.1 Å². The summed E-state index contributed by atoms with van der Waals surface area (Å²) in [7, 11) is 3.92. The molecule has 0 unspecified atom stereocenters. The SMILES string of the molecule is CCOc1ccccc1OC[C@H](O)CN(C)Cc1ccc(OCc2nccn2C)cc1. The normalized spacial score (nSPS) is 12.0. The lowest BCUT2D eigenvalue weighted by molar-refractivity contribution is 0.0730. The summed E-state index contributed by atoms with van der Waals surface area (Å²) in [5.41, 5.74) is 1.14. The van der Waals surface area contributed by atoms with Gasteiger partial charge >= 0.3 is 0 Å². The highest BCUT2D eigenvalue weighted by Crippen LogP contribution is 2.26. The van der Waals surface area contributed by atoms with E-state index in [2.05, 4.69) is 9.88 Å². The fraction of sp³-hybridized carbons (Fsp3) is 0.375. The first kappa shape index (κ1) is 22.7. The topological polar surface area (TPSA) is 69.0 Å². The summed E-state index contributed by atoms with van der Waals surface area (Å²) < 4.78 is 19.0. The Balaban J connectivity index is 1.42. The van der Waals surface area contributed by atoms with Crippen molar-refractivity contribution in [1.29, 1.82) is 0 Å². The monoisotopic (exact) mass is 425 g/mol. The van der Waals surface area contributed by atoms with Crippen LogP contribution in [-0.2, 0) is 20.2 Å². The minimum absolute atomic E-state index is 0.203. The molecule has 3 aromatic rings. The fourth-order valence-electron chi connectivity index (χ4n) is 3.19. The molecule has 1 heterocycles. The molecule has 0 aliphatic rings. The van der Waals surface area contributed by atoms with Crippen molar-refractivity contribution in [2.45, 2.75) is 26.2 Å². The number of hydrogen-bond donors (Lipinski definition) is 1. The quantitative estimate of drug-likeness (QED) is 0.480. The van der Waals surface area contributed by atoms with E-state index in [1.807, 2.05) is 80.3 Å². The molecule has 1 aromatic heterocycles. The molecule has 1 atom stereocenters. The molecular weight excluding hydrogens is 394 g/mol. The van der Waals surface area contributed by atoms with Gasteiger partial charge in [-0.1, -0.05) is 24.3 Å². The van der Waals surface area contributed by atoms with E-state index >= 15 is 0 Å². The van der Waals surface area contributed by atoms with Gasteiger partial charge in [0.15, 0.2) is 11.5 Å². The first-order valence-corrected chi connectivity index (χ1v) is 10.4. The van der Waals surface area contributed by atoms with Gasteiger partial charge in [-0.15, -0.1) is 0 Å². The first-order valence-electron chi connectivity index (χ1n) is 10.4. The number of imidazole rings is 1. The Labute approximate surface area is 183 Å². The number of ether oxygens (including phenoxy) is 3. The molecule has 0 spiro atoms. The van der Waals surface area contributed by atoms with Crippen LogP contribution in [0.5, 0.6) is 17.2 Å². The molecule has 166 valence electrons. The summed E-state index contributed by atoms with van der Waals surface area (Å²) in [6.45, 7) is 4.34. The Kier molecular flexibility index (Phi) is 8.32. The third-order valence-electron chi connectivity index (χ3n) is 4.77. The Morgan fingerprint density at radius 1 is 1.03 bits per heavy atom. The third-order valence-corrected chi connectivity index (χ3v) is 4.77. The molecule has 7 heteroatoms. The van der Waals surface area contributed by atoms with Crippen LogP contribution in [0.4, 0.5) is 0 Å². The summed E-state index contributed by atoms with van der Waals surface area (Å²) in [6, 6.07) is 15.5. The molecule has 2 aromatic carbocycles. The number of para-hydroxylation sites is 2. The van der Waals surface area contributed by atoms with Gasteiger partial charge in [0.1, 0.15) is 30.9 Å². The number of rotatable bonds is 12. The van der Waals surface area contributed by atoms with Crippen molar-refractivity contribution in [2.75, 3.05) is 26.8 Å². The Morgan fingerprint density at radius 2 is 1.74 bits per heavy atom. The molecule has 3 rings (SSSR count). The largest absolute Gasteiger partial charge is 0.490 e. The van der Waals surface area contributed by atoms with Crippen molar-refractivity contribution >= 4 is 0 Å². The number of likely N-dealkylation sites (N-methyl/N-ethyl adjacent to an activating group) is 1. The molecule has 0 amide bonds. The van der Waals surface area contributed by atoms with Crippen molar-refractivity contribution in [3.63, 3.8) is 0 Å². The van der Waals surface area contributed by atoms with Crippen LogP contribution in [0.15, 0.2) is 60.9 Å². The van der Waals surface area contributed by atoms with E-state index < -0.39 is 6.10 Å². The maximum absolute atomic E-state index is 10.4. The number of benzene rings is 2. The highest BCUT2D eigenvalue weighted by atomic mass is 16.5. The van der Waals surface area contributed by atoms with E-state index in [1.165, 1.54) is 0 Å². The standard InChI is InChI=1S/C24H31N3O4/c1-4-29-22-7-5-6-8-23(22)31-17-20(28)16-26(2)15-19-9-11-21(12-10-19)30-18-24-25-13-14-27(24)3/h5-14,20,28H,4,15-18H2,1-3H3/t20-/m1/s1. The molecule has 0 bridgehead atoms. The van der Waals surface area contributed by atoms with Crippen LogP contribution in [-0.4, -0.2) is 52.5 Å². The van der Waals surface area contributed by atoms with Gasteiger partial charge in [0, 0.05) is 32.5 Å². The molecule has 0 fully saturated rings. The summed E-state index contributed by atoms with van der Waals surface area (Å²) in [5.74, 6) is 3.02. The Hall–Kier alpha value is -3.03. The zero-order valence-corrected chi connectivity index (χ0v) is 18.4. The van der Waals surface area contributed by atoms with Crippen LogP contribution >= 0.6 is 0 Å². The zero-order chi connectivity index (χ0) is 22.1. The van der Waals surface area contributed by atoms with Crippen LogP contribution in [0.2, 0.25) is 0 Å². The molecule has 7 nitrogen and oxygen atoms in total. The highest BCUT2D eigenvalue weighted by molar-refractivity contribution is 5.39. The van der Waals surface area contributed by atoms with Gasteiger partial charge in [0.05, 0.1) is 6.61 Å². The second-order valence-electron chi connectivity index (χ2n) is 7.43. The van der Waals surface area contributed by atoms with Gasteiger partial charge in [0.25, 0.3) is 0 Å². The van der Waals surface area contributed by atoms with Crippen LogP contribution in [0, 0.1) is 0 Å². The molecule has 0 aliphatic heterocycles. The minimum Gasteiger partial charge on any atom is -0.490 e. The second kappa shape index (κ2) is 11.4. The molecule has 1 N–H and O–H groups in total. The van der Waals surface area contributed by atoms with Gasteiger partial charge in [-0.3, -0.25) is 4.90 Å². The average molecular weight is 426 g/mol. The molecule has 0 saturated heterocycles. The number of aliphatic hydroxyl groups excluding tert-OH is 1. The smallest absolute Gasteiger partial charge is 0.161 e. The Bertz CT molecular complexity index is 927. The van der Waals surface area contributed by atoms with Gasteiger partial charge in [-0.25, -0.2) is 4.98 Å². The van der Waals surface area contributed by atoms with Crippen molar-refractivity contribution in [1.82, 2.24) is 14.5 Å². The van der Waals surface area contributed by atoms with Crippen molar-refractivity contribution in [3.05, 3.63) is 72.3 Å². The summed E-state index contributed by atoms with van der Waals surface area (Å²) in [4.78, 5) is 6.32. The van der Waals surface area contributed by atoms with Crippen molar-refractivity contribution in [3.8, 4) is 17.2 Å². The third kappa shape index (κ3) is 7.01. The van der Waals surface area contributed by atoms with Gasteiger partial charge in [-0.05, 0) is 43.8 Å². The van der Waals surface area contributed by atoms with Crippen molar-refractivity contribution in [2.24, 2.45) is 7.05 Å². The lowest BCUT2D eigenvalue weighted by Crippen LogP contribution is -2.32. The molecule has 31 heavy (non-hydrogen) atoms. The van der Waals surface area contributed by atoms with E-state index in [4.69, 9.17) is 14.2 Å². The number of aryl methyl sites for hydroxylation is 1. The fourth-order valence-corrected chi connectivity index (χ4v) is 3.19. The van der Waals surface area contributed by atoms with Crippen LogP contribution in [0.25, 0.3) is 0 Å². The highest BCUT2D eigenvalue weighted by Gasteiger charge is 2.12. The number of aromatic nitrogens is 2. The molecule has 0 aliphatic carbocycles. The predicted octanol–water partition coefficient (Wildman–Crippen LogP) is 3.27. The number of nitrogens with zero attached hydrogens (tertiary/aromatic N) is 3. The molecule has 0 radical (unpaired) electrons. The van der Waals surface area contributed by atoms with E-state index in [9.17, 15) is 5.11 Å².